The highest BCUT2D eigenvalue weighted by Gasteiger charge is 2.02. The van der Waals surface area contributed by atoms with E-state index in [2.05, 4.69) is 41.8 Å². The van der Waals surface area contributed by atoms with Crippen LogP contribution in [0.3, 0.4) is 0 Å². The summed E-state index contributed by atoms with van der Waals surface area (Å²) < 4.78 is 1.73. The molecule has 0 aromatic carbocycles. The molecule has 0 bridgehead atoms. The van der Waals surface area contributed by atoms with Crippen LogP contribution in [0.2, 0.25) is 0 Å². The molecule has 0 fully saturated rings. The van der Waals surface area contributed by atoms with Crippen LogP contribution in [0.1, 0.15) is 0 Å². The van der Waals surface area contributed by atoms with Crippen LogP contribution in [0.25, 0.3) is 10.6 Å². The van der Waals surface area contributed by atoms with E-state index in [-0.39, 0.29) is 0 Å². The van der Waals surface area contributed by atoms with Gasteiger partial charge < -0.3 is 0 Å². The van der Waals surface area contributed by atoms with Gasteiger partial charge in [0.05, 0.1) is 14.4 Å². The summed E-state index contributed by atoms with van der Waals surface area (Å²) in [4.78, 5) is 9.36. The standard InChI is InChI=1S/C8H4Br2N2S/c9-7-2-1-6(13-7)5-3-4-11-8(10)12-5/h1-4H. The summed E-state index contributed by atoms with van der Waals surface area (Å²) in [5, 5.41) is 0. The molecule has 2 aromatic rings. The SMILES string of the molecule is Brc1nccc(-c2ccc(Br)s2)n1. The maximum Gasteiger partial charge on any atom is 0.197 e. The van der Waals surface area contributed by atoms with Crippen LogP contribution in [-0.2, 0) is 0 Å². The van der Waals surface area contributed by atoms with E-state index in [9.17, 15) is 0 Å². The van der Waals surface area contributed by atoms with E-state index in [1.807, 2.05) is 18.2 Å². The minimum atomic E-state index is 0.620. The lowest BCUT2D eigenvalue weighted by Crippen LogP contribution is -1.83. The third kappa shape index (κ3) is 2.15. The highest BCUT2D eigenvalue weighted by Crippen LogP contribution is 2.30. The lowest BCUT2D eigenvalue weighted by atomic mass is 10.3. The summed E-state index contributed by atoms with van der Waals surface area (Å²) in [5.74, 6) is 0. The molecule has 66 valence electrons. The van der Waals surface area contributed by atoms with Gasteiger partial charge in [0, 0.05) is 6.20 Å². The summed E-state index contributed by atoms with van der Waals surface area (Å²) in [5.41, 5.74) is 0.942. The van der Waals surface area contributed by atoms with Crippen molar-refractivity contribution in [2.45, 2.75) is 0 Å². The van der Waals surface area contributed by atoms with E-state index in [4.69, 9.17) is 0 Å². The summed E-state index contributed by atoms with van der Waals surface area (Å²) in [6.07, 6.45) is 1.74. The maximum absolute atomic E-state index is 4.25. The normalized spacial score (nSPS) is 10.3. The van der Waals surface area contributed by atoms with Gasteiger partial charge in [-0.05, 0) is 50.1 Å². The fraction of sp³-hybridized carbons (Fsp3) is 0. The van der Waals surface area contributed by atoms with E-state index in [0.29, 0.717) is 4.73 Å². The molecule has 5 heteroatoms. The third-order valence-corrected chi connectivity index (χ3v) is 3.48. The van der Waals surface area contributed by atoms with E-state index >= 15 is 0 Å². The molecule has 0 amide bonds. The number of hydrogen-bond acceptors (Lipinski definition) is 3. The fourth-order valence-electron chi connectivity index (χ4n) is 0.924. The average molecular weight is 320 g/mol. The zero-order chi connectivity index (χ0) is 9.26. The Morgan fingerprint density at radius 1 is 1.15 bits per heavy atom. The number of thiophene rings is 1. The second-order valence-corrected chi connectivity index (χ2v) is 5.49. The van der Waals surface area contributed by atoms with Crippen molar-refractivity contribution in [1.82, 2.24) is 9.97 Å². The van der Waals surface area contributed by atoms with Crippen LogP contribution in [0, 0.1) is 0 Å². The maximum atomic E-state index is 4.25. The third-order valence-electron chi connectivity index (χ3n) is 1.45. The first-order chi connectivity index (χ1) is 6.25. The molecule has 0 radical (unpaired) electrons. The molecule has 2 heterocycles. The van der Waals surface area contributed by atoms with Crippen LogP contribution in [0.5, 0.6) is 0 Å². The molecule has 0 saturated carbocycles. The van der Waals surface area contributed by atoms with E-state index < -0.39 is 0 Å². The molecule has 0 saturated heterocycles. The first-order valence-corrected chi connectivity index (χ1v) is 5.90. The van der Waals surface area contributed by atoms with E-state index in [0.717, 1.165) is 14.4 Å². The number of hydrogen-bond donors (Lipinski definition) is 0. The fourth-order valence-corrected chi connectivity index (χ4v) is 2.59. The zero-order valence-corrected chi connectivity index (χ0v) is 10.4. The summed E-state index contributed by atoms with van der Waals surface area (Å²) in [7, 11) is 0. The molecule has 0 atom stereocenters. The summed E-state index contributed by atoms with van der Waals surface area (Å²) in [6.45, 7) is 0. The van der Waals surface area contributed by atoms with Crippen molar-refractivity contribution in [3.63, 3.8) is 0 Å². The predicted octanol–water partition coefficient (Wildman–Crippen LogP) is 3.73. The van der Waals surface area contributed by atoms with Crippen molar-refractivity contribution in [3.05, 3.63) is 32.9 Å². The monoisotopic (exact) mass is 318 g/mol. The van der Waals surface area contributed by atoms with Gasteiger partial charge in [-0.3, -0.25) is 0 Å². The molecule has 2 aromatic heterocycles. The molecule has 13 heavy (non-hydrogen) atoms. The average Bonchev–Trinajstić information content (AvgIpc) is 2.52. The van der Waals surface area contributed by atoms with Crippen LogP contribution in [0.4, 0.5) is 0 Å². The van der Waals surface area contributed by atoms with Gasteiger partial charge in [0.1, 0.15) is 0 Å². The number of aromatic nitrogens is 2. The van der Waals surface area contributed by atoms with Crippen LogP contribution in [-0.4, -0.2) is 9.97 Å². The summed E-state index contributed by atoms with van der Waals surface area (Å²) >= 11 is 8.30. The molecule has 0 aliphatic carbocycles. The summed E-state index contributed by atoms with van der Waals surface area (Å²) in [6, 6.07) is 5.93. The second-order valence-electron chi connectivity index (χ2n) is 2.31. The van der Waals surface area contributed by atoms with Crippen molar-refractivity contribution in [2.75, 3.05) is 0 Å². The van der Waals surface area contributed by atoms with Crippen LogP contribution in [0.15, 0.2) is 32.9 Å². The van der Waals surface area contributed by atoms with Gasteiger partial charge >= 0.3 is 0 Å². The molecule has 0 spiro atoms. The smallest absolute Gasteiger partial charge is 0.197 e. The molecule has 0 aliphatic heterocycles. The predicted molar refractivity (Wildman–Crippen MR) is 60.7 cm³/mol. The molecule has 2 rings (SSSR count). The Hall–Kier alpha value is -0.260. The highest BCUT2D eigenvalue weighted by atomic mass is 79.9. The Bertz CT molecular complexity index is 428. The first kappa shape index (κ1) is 9.30. The Kier molecular flexibility index (Phi) is 2.76. The lowest BCUT2D eigenvalue weighted by Gasteiger charge is -1.94. The van der Waals surface area contributed by atoms with Crippen molar-refractivity contribution in [2.24, 2.45) is 0 Å². The number of halogens is 2. The molecule has 0 unspecified atom stereocenters. The van der Waals surface area contributed by atoms with Crippen LogP contribution < -0.4 is 0 Å². The van der Waals surface area contributed by atoms with Crippen molar-refractivity contribution in [3.8, 4) is 10.6 Å². The van der Waals surface area contributed by atoms with E-state index in [1.54, 1.807) is 17.5 Å². The van der Waals surface area contributed by atoms with E-state index in [1.165, 1.54) is 0 Å². The van der Waals surface area contributed by atoms with Crippen LogP contribution >= 0.6 is 43.2 Å². The van der Waals surface area contributed by atoms with Gasteiger partial charge in [-0.25, -0.2) is 9.97 Å². The lowest BCUT2D eigenvalue weighted by molar-refractivity contribution is 1.12. The van der Waals surface area contributed by atoms with Gasteiger partial charge in [0.15, 0.2) is 4.73 Å². The molecule has 0 aliphatic rings. The van der Waals surface area contributed by atoms with Gasteiger partial charge in [0.2, 0.25) is 0 Å². The molecular weight excluding hydrogens is 316 g/mol. The topological polar surface area (TPSA) is 25.8 Å². The first-order valence-electron chi connectivity index (χ1n) is 3.50. The second kappa shape index (κ2) is 3.86. The minimum Gasteiger partial charge on any atom is -0.231 e. The van der Waals surface area contributed by atoms with Crippen molar-refractivity contribution < 1.29 is 0 Å². The zero-order valence-electron chi connectivity index (χ0n) is 6.37. The van der Waals surface area contributed by atoms with Crippen molar-refractivity contribution in [1.29, 1.82) is 0 Å². The van der Waals surface area contributed by atoms with Gasteiger partial charge in [0.25, 0.3) is 0 Å². The van der Waals surface area contributed by atoms with Gasteiger partial charge in [-0.1, -0.05) is 0 Å². The Labute approximate surface area is 96.3 Å². The quantitative estimate of drug-likeness (QED) is 0.748. The van der Waals surface area contributed by atoms with Gasteiger partial charge in [-0.15, -0.1) is 11.3 Å². The Morgan fingerprint density at radius 3 is 2.62 bits per heavy atom. The largest absolute Gasteiger partial charge is 0.231 e. The number of rotatable bonds is 1. The minimum absolute atomic E-state index is 0.620. The van der Waals surface area contributed by atoms with Gasteiger partial charge in [-0.2, -0.15) is 0 Å². The number of nitrogens with zero attached hydrogens (tertiary/aromatic N) is 2. The highest BCUT2D eigenvalue weighted by molar-refractivity contribution is 9.11. The molecule has 2 nitrogen and oxygen atoms in total. The van der Waals surface area contributed by atoms with Crippen molar-refractivity contribution >= 4 is 43.2 Å². The Balaban J connectivity index is 2.46. The molecular formula is C8H4Br2N2S. The Morgan fingerprint density at radius 2 is 2.00 bits per heavy atom. The molecule has 0 N–H and O–H groups in total.